The summed E-state index contributed by atoms with van der Waals surface area (Å²) in [5.74, 6) is 0.914. The van der Waals surface area contributed by atoms with Crippen LogP contribution < -0.4 is 10.6 Å². The van der Waals surface area contributed by atoms with Crippen LogP contribution in [-0.2, 0) is 0 Å². The minimum absolute atomic E-state index is 0.294. The molecule has 0 amide bonds. The van der Waals surface area contributed by atoms with Gasteiger partial charge in [0, 0.05) is 13.6 Å². The van der Waals surface area contributed by atoms with E-state index in [1.807, 2.05) is 11.9 Å². The van der Waals surface area contributed by atoms with Gasteiger partial charge in [-0.25, -0.2) is 9.97 Å². The predicted octanol–water partition coefficient (Wildman–Crippen LogP) is 1.33. The Kier molecular flexibility index (Phi) is 3.08. The molecule has 0 aromatic carbocycles. The Bertz CT molecular complexity index is 313. The molecule has 4 nitrogen and oxygen atoms in total. The Hall–Kier alpha value is -1.29. The van der Waals surface area contributed by atoms with Crippen LogP contribution in [0.1, 0.15) is 0 Å². The lowest BCUT2D eigenvalue weighted by Crippen LogP contribution is -2.19. The normalized spacial score (nSPS) is 9.69. The molecular weight excluding hydrogens is 188 g/mol. The third kappa shape index (κ3) is 2.09. The van der Waals surface area contributed by atoms with Gasteiger partial charge in [-0.05, 0) is 0 Å². The highest BCUT2D eigenvalue weighted by Crippen LogP contribution is 2.25. The molecule has 0 radical (unpaired) electrons. The third-order valence-corrected chi connectivity index (χ3v) is 1.93. The van der Waals surface area contributed by atoms with Gasteiger partial charge < -0.3 is 10.6 Å². The molecule has 0 atom stereocenters. The van der Waals surface area contributed by atoms with Gasteiger partial charge in [-0.15, -0.1) is 6.58 Å². The molecule has 0 bridgehead atoms. The van der Waals surface area contributed by atoms with E-state index in [9.17, 15) is 0 Å². The molecule has 1 heterocycles. The maximum Gasteiger partial charge on any atom is 0.153 e. The van der Waals surface area contributed by atoms with Crippen molar-refractivity contribution in [1.82, 2.24) is 9.97 Å². The Morgan fingerprint density at radius 2 is 2.38 bits per heavy atom. The van der Waals surface area contributed by atoms with Crippen LogP contribution >= 0.6 is 11.6 Å². The highest BCUT2D eigenvalue weighted by Gasteiger charge is 2.09. The number of nitrogens with zero attached hydrogens (tertiary/aromatic N) is 3. The third-order valence-electron chi connectivity index (χ3n) is 1.56. The highest BCUT2D eigenvalue weighted by atomic mass is 35.5. The maximum absolute atomic E-state index is 5.90. The minimum Gasteiger partial charge on any atom is -0.382 e. The van der Waals surface area contributed by atoms with Gasteiger partial charge in [0.15, 0.2) is 5.82 Å². The average molecular weight is 199 g/mol. The van der Waals surface area contributed by atoms with Crippen molar-refractivity contribution >= 4 is 23.2 Å². The molecule has 1 aromatic heterocycles. The van der Waals surface area contributed by atoms with Gasteiger partial charge >= 0.3 is 0 Å². The first-order valence-electron chi connectivity index (χ1n) is 3.74. The monoisotopic (exact) mass is 198 g/mol. The fourth-order valence-electron chi connectivity index (χ4n) is 0.920. The molecule has 0 aliphatic heterocycles. The van der Waals surface area contributed by atoms with Crippen LogP contribution in [-0.4, -0.2) is 23.6 Å². The number of hydrogen-bond donors (Lipinski definition) is 1. The summed E-state index contributed by atoms with van der Waals surface area (Å²) in [5, 5.41) is 0.381. The van der Waals surface area contributed by atoms with Crippen molar-refractivity contribution in [2.75, 3.05) is 24.2 Å². The zero-order valence-corrected chi connectivity index (χ0v) is 8.12. The summed E-state index contributed by atoms with van der Waals surface area (Å²) in [5.41, 5.74) is 5.52. The van der Waals surface area contributed by atoms with Crippen LogP contribution in [0.4, 0.5) is 11.6 Å². The van der Waals surface area contributed by atoms with Gasteiger partial charge in [-0.3, -0.25) is 0 Å². The lowest BCUT2D eigenvalue weighted by Gasteiger charge is -2.16. The van der Waals surface area contributed by atoms with E-state index in [1.165, 1.54) is 6.33 Å². The smallest absolute Gasteiger partial charge is 0.153 e. The minimum atomic E-state index is 0.294. The van der Waals surface area contributed by atoms with Crippen molar-refractivity contribution in [3.63, 3.8) is 0 Å². The Balaban J connectivity index is 3.00. The molecule has 0 aliphatic rings. The van der Waals surface area contributed by atoms with Crippen molar-refractivity contribution in [1.29, 1.82) is 0 Å². The largest absolute Gasteiger partial charge is 0.382 e. The summed E-state index contributed by atoms with van der Waals surface area (Å²) in [6.45, 7) is 4.28. The first kappa shape index (κ1) is 9.80. The topological polar surface area (TPSA) is 55.0 Å². The van der Waals surface area contributed by atoms with Crippen molar-refractivity contribution in [3.05, 3.63) is 24.0 Å². The van der Waals surface area contributed by atoms with E-state index in [0.29, 0.717) is 23.2 Å². The quantitative estimate of drug-likeness (QED) is 0.745. The zero-order valence-electron chi connectivity index (χ0n) is 7.37. The summed E-state index contributed by atoms with van der Waals surface area (Å²) in [4.78, 5) is 9.62. The average Bonchev–Trinajstić information content (AvgIpc) is 2.10. The maximum atomic E-state index is 5.90. The van der Waals surface area contributed by atoms with E-state index in [2.05, 4.69) is 16.5 Å². The van der Waals surface area contributed by atoms with Gasteiger partial charge in [0.1, 0.15) is 17.2 Å². The summed E-state index contributed by atoms with van der Waals surface area (Å²) < 4.78 is 0. The van der Waals surface area contributed by atoms with Crippen molar-refractivity contribution < 1.29 is 0 Å². The van der Waals surface area contributed by atoms with Crippen LogP contribution in [0.25, 0.3) is 0 Å². The number of aromatic nitrogens is 2. The number of likely N-dealkylation sites (N-methyl/N-ethyl adjacent to an activating group) is 1. The SMILES string of the molecule is C=CCN(C)c1ncnc(N)c1Cl. The summed E-state index contributed by atoms with van der Waals surface area (Å²) in [6, 6.07) is 0. The van der Waals surface area contributed by atoms with Crippen LogP contribution in [0.3, 0.4) is 0 Å². The summed E-state index contributed by atoms with van der Waals surface area (Å²) in [6.07, 6.45) is 3.14. The van der Waals surface area contributed by atoms with Gasteiger partial charge in [0.05, 0.1) is 0 Å². The Morgan fingerprint density at radius 3 is 3.00 bits per heavy atom. The second kappa shape index (κ2) is 4.09. The lowest BCUT2D eigenvalue weighted by molar-refractivity contribution is 0.978. The molecule has 0 unspecified atom stereocenters. The van der Waals surface area contributed by atoms with E-state index < -0.39 is 0 Å². The lowest BCUT2D eigenvalue weighted by atomic mass is 10.4. The summed E-state index contributed by atoms with van der Waals surface area (Å²) in [7, 11) is 1.86. The number of nitrogens with two attached hydrogens (primary N) is 1. The molecule has 70 valence electrons. The number of rotatable bonds is 3. The molecule has 1 rings (SSSR count). The number of hydrogen-bond acceptors (Lipinski definition) is 4. The van der Waals surface area contributed by atoms with Crippen LogP contribution in [0.2, 0.25) is 5.02 Å². The molecule has 0 spiro atoms. The molecule has 0 aliphatic carbocycles. The Labute approximate surface area is 82.0 Å². The van der Waals surface area contributed by atoms with Crippen molar-refractivity contribution in [2.45, 2.75) is 0 Å². The zero-order chi connectivity index (χ0) is 9.84. The van der Waals surface area contributed by atoms with Crippen molar-refractivity contribution in [2.24, 2.45) is 0 Å². The van der Waals surface area contributed by atoms with Gasteiger partial charge in [0.25, 0.3) is 0 Å². The van der Waals surface area contributed by atoms with E-state index in [0.717, 1.165) is 0 Å². The fourth-order valence-corrected chi connectivity index (χ4v) is 1.16. The predicted molar refractivity (Wildman–Crippen MR) is 54.9 cm³/mol. The van der Waals surface area contributed by atoms with Gasteiger partial charge in [-0.2, -0.15) is 0 Å². The Morgan fingerprint density at radius 1 is 1.69 bits per heavy atom. The van der Waals surface area contributed by atoms with Gasteiger partial charge in [-0.1, -0.05) is 17.7 Å². The standard InChI is InChI=1S/C8H11ClN4/c1-3-4-13(2)8-6(9)7(10)11-5-12-8/h3,5H,1,4H2,2H3,(H2,10,11,12). The highest BCUT2D eigenvalue weighted by molar-refractivity contribution is 6.35. The first-order chi connectivity index (χ1) is 6.16. The number of halogens is 1. The van der Waals surface area contributed by atoms with Gasteiger partial charge in [0.2, 0.25) is 0 Å². The molecule has 13 heavy (non-hydrogen) atoms. The van der Waals surface area contributed by atoms with E-state index in [1.54, 1.807) is 6.08 Å². The molecular formula is C8H11ClN4. The van der Waals surface area contributed by atoms with E-state index in [4.69, 9.17) is 17.3 Å². The first-order valence-corrected chi connectivity index (χ1v) is 4.12. The molecule has 0 saturated heterocycles. The second-order valence-electron chi connectivity index (χ2n) is 2.57. The molecule has 2 N–H and O–H groups in total. The van der Waals surface area contributed by atoms with E-state index in [-0.39, 0.29) is 0 Å². The number of nitrogen functional groups attached to an aromatic ring is 1. The van der Waals surface area contributed by atoms with Crippen LogP contribution in [0.5, 0.6) is 0 Å². The summed E-state index contributed by atoms with van der Waals surface area (Å²) >= 11 is 5.90. The second-order valence-corrected chi connectivity index (χ2v) is 2.94. The number of anilines is 2. The van der Waals surface area contributed by atoms with Crippen molar-refractivity contribution in [3.8, 4) is 0 Å². The molecule has 0 fully saturated rings. The van der Waals surface area contributed by atoms with Crippen LogP contribution in [0.15, 0.2) is 19.0 Å². The van der Waals surface area contributed by atoms with Crippen LogP contribution in [0, 0.1) is 0 Å². The fraction of sp³-hybridized carbons (Fsp3) is 0.250. The molecule has 5 heteroatoms. The van der Waals surface area contributed by atoms with E-state index >= 15 is 0 Å². The molecule has 0 saturated carbocycles. The molecule has 1 aromatic rings.